The van der Waals surface area contributed by atoms with Crippen molar-refractivity contribution in [2.75, 3.05) is 6.54 Å². The topological polar surface area (TPSA) is 87.7 Å². The summed E-state index contributed by atoms with van der Waals surface area (Å²) < 4.78 is 0. The molecule has 0 atom stereocenters. The van der Waals surface area contributed by atoms with E-state index in [0.29, 0.717) is 23.9 Å². The molecule has 0 unspecified atom stereocenters. The molecule has 1 fully saturated rings. The summed E-state index contributed by atoms with van der Waals surface area (Å²) in [5.74, 6) is 1.09. The summed E-state index contributed by atoms with van der Waals surface area (Å²) in [6.07, 6.45) is 2.98. The lowest BCUT2D eigenvalue weighted by Gasteiger charge is -2.03. The van der Waals surface area contributed by atoms with Gasteiger partial charge in [0.25, 0.3) is 5.56 Å². The summed E-state index contributed by atoms with van der Waals surface area (Å²) in [5, 5.41) is 12.7. The van der Waals surface area contributed by atoms with Crippen molar-refractivity contribution in [3.63, 3.8) is 0 Å². The van der Waals surface area contributed by atoms with Gasteiger partial charge in [-0.25, -0.2) is 0 Å². The maximum Gasteiger partial charge on any atom is 0.273 e. The van der Waals surface area contributed by atoms with Gasteiger partial charge in [-0.3, -0.25) is 9.59 Å². The Labute approximate surface area is 125 Å². The van der Waals surface area contributed by atoms with Crippen LogP contribution in [0.4, 0.5) is 0 Å². The quantitative estimate of drug-likeness (QED) is 0.843. The van der Waals surface area contributed by atoms with Crippen LogP contribution in [0.3, 0.4) is 0 Å². The minimum absolute atomic E-state index is 0.0366. The molecule has 6 nitrogen and oxygen atoms in total. The summed E-state index contributed by atoms with van der Waals surface area (Å²) in [5.41, 5.74) is 0.0280. The first-order valence-corrected chi connectivity index (χ1v) is 7.87. The van der Waals surface area contributed by atoms with Gasteiger partial charge in [0.05, 0.1) is 4.88 Å². The summed E-state index contributed by atoms with van der Waals surface area (Å²) in [4.78, 5) is 27.2. The SMILES string of the molecule is O=C(CCc1nnc(-c2cccs2)[nH]c1=O)NCC1CC1. The van der Waals surface area contributed by atoms with Crippen LogP contribution in [0.1, 0.15) is 25.0 Å². The number of hydrogen-bond donors (Lipinski definition) is 2. The molecule has 1 aliphatic rings. The van der Waals surface area contributed by atoms with E-state index in [1.165, 1.54) is 24.2 Å². The van der Waals surface area contributed by atoms with Crippen molar-refractivity contribution >= 4 is 17.2 Å². The molecule has 0 saturated heterocycles. The fourth-order valence-corrected chi connectivity index (χ4v) is 2.61. The number of nitrogens with zero attached hydrogens (tertiary/aromatic N) is 2. The van der Waals surface area contributed by atoms with Gasteiger partial charge in [0.15, 0.2) is 5.82 Å². The molecule has 3 rings (SSSR count). The predicted octanol–water partition coefficient (Wildman–Crippen LogP) is 1.35. The zero-order valence-corrected chi connectivity index (χ0v) is 12.3. The Bertz CT molecular complexity index is 677. The van der Waals surface area contributed by atoms with Gasteiger partial charge >= 0.3 is 0 Å². The van der Waals surface area contributed by atoms with Gasteiger partial charge in [-0.1, -0.05) is 6.07 Å². The summed E-state index contributed by atoms with van der Waals surface area (Å²) >= 11 is 1.49. The van der Waals surface area contributed by atoms with Crippen molar-refractivity contribution < 1.29 is 4.79 Å². The molecule has 2 heterocycles. The van der Waals surface area contributed by atoms with E-state index >= 15 is 0 Å². The molecule has 0 aliphatic heterocycles. The van der Waals surface area contributed by atoms with Crippen molar-refractivity contribution in [2.24, 2.45) is 5.92 Å². The number of hydrogen-bond acceptors (Lipinski definition) is 5. The normalized spacial score (nSPS) is 14.1. The van der Waals surface area contributed by atoms with Crippen molar-refractivity contribution in [2.45, 2.75) is 25.7 Å². The van der Waals surface area contributed by atoms with Gasteiger partial charge in [0, 0.05) is 19.4 Å². The Morgan fingerprint density at radius 3 is 2.95 bits per heavy atom. The maximum absolute atomic E-state index is 11.9. The molecule has 2 aromatic heterocycles. The van der Waals surface area contributed by atoms with E-state index in [4.69, 9.17) is 0 Å². The van der Waals surface area contributed by atoms with Crippen LogP contribution in [-0.2, 0) is 11.2 Å². The van der Waals surface area contributed by atoms with Gasteiger partial charge in [0.1, 0.15) is 5.69 Å². The van der Waals surface area contributed by atoms with E-state index in [1.54, 1.807) is 0 Å². The lowest BCUT2D eigenvalue weighted by atomic mass is 10.2. The van der Waals surface area contributed by atoms with Crippen molar-refractivity contribution in [1.29, 1.82) is 0 Å². The Morgan fingerprint density at radius 1 is 1.43 bits per heavy atom. The molecule has 1 saturated carbocycles. The second-order valence-corrected chi connectivity index (χ2v) is 6.12. The van der Waals surface area contributed by atoms with E-state index in [0.717, 1.165) is 11.4 Å². The minimum Gasteiger partial charge on any atom is -0.356 e. The van der Waals surface area contributed by atoms with Crippen LogP contribution in [0.2, 0.25) is 0 Å². The highest BCUT2D eigenvalue weighted by molar-refractivity contribution is 7.13. The molecule has 1 amide bonds. The Hall–Kier alpha value is -2.02. The number of carbonyl (C=O) groups is 1. The van der Waals surface area contributed by atoms with Crippen LogP contribution in [0.15, 0.2) is 22.3 Å². The second-order valence-electron chi connectivity index (χ2n) is 5.17. The largest absolute Gasteiger partial charge is 0.356 e. The van der Waals surface area contributed by atoms with Gasteiger partial charge in [-0.2, -0.15) is 0 Å². The van der Waals surface area contributed by atoms with Crippen molar-refractivity contribution in [3.8, 4) is 10.7 Å². The Kier molecular flexibility index (Phi) is 4.10. The van der Waals surface area contributed by atoms with E-state index in [-0.39, 0.29) is 17.9 Å². The van der Waals surface area contributed by atoms with Crippen LogP contribution < -0.4 is 10.9 Å². The molecule has 0 bridgehead atoms. The smallest absolute Gasteiger partial charge is 0.273 e. The molecule has 21 heavy (non-hydrogen) atoms. The predicted molar refractivity (Wildman–Crippen MR) is 80.0 cm³/mol. The monoisotopic (exact) mass is 304 g/mol. The first kappa shape index (κ1) is 13.9. The second kappa shape index (κ2) is 6.17. The van der Waals surface area contributed by atoms with Gasteiger partial charge in [-0.05, 0) is 30.2 Å². The van der Waals surface area contributed by atoms with E-state index in [1.807, 2.05) is 17.5 Å². The van der Waals surface area contributed by atoms with Gasteiger partial charge in [-0.15, -0.1) is 21.5 Å². The molecule has 0 spiro atoms. The van der Waals surface area contributed by atoms with Crippen LogP contribution in [0, 0.1) is 5.92 Å². The lowest BCUT2D eigenvalue weighted by molar-refractivity contribution is -0.121. The van der Waals surface area contributed by atoms with Crippen LogP contribution in [-0.4, -0.2) is 27.6 Å². The summed E-state index contributed by atoms with van der Waals surface area (Å²) in [6, 6.07) is 3.76. The average molecular weight is 304 g/mol. The number of rotatable bonds is 6. The molecular weight excluding hydrogens is 288 g/mol. The number of aromatic amines is 1. The zero-order valence-electron chi connectivity index (χ0n) is 11.5. The Balaban J connectivity index is 1.58. The third-order valence-corrected chi connectivity index (χ3v) is 4.27. The summed E-state index contributed by atoms with van der Waals surface area (Å²) in [7, 11) is 0. The number of nitrogens with one attached hydrogen (secondary N) is 2. The Morgan fingerprint density at radius 2 is 2.29 bits per heavy atom. The number of aromatic nitrogens is 3. The molecule has 0 radical (unpaired) electrons. The molecular formula is C14H16N4O2S. The molecule has 1 aliphatic carbocycles. The first-order valence-electron chi connectivity index (χ1n) is 6.99. The van der Waals surface area contributed by atoms with Gasteiger partial charge < -0.3 is 10.3 Å². The fraction of sp³-hybridized carbons (Fsp3) is 0.429. The molecule has 110 valence electrons. The molecule has 2 N–H and O–H groups in total. The van der Waals surface area contributed by atoms with Crippen LogP contribution >= 0.6 is 11.3 Å². The van der Waals surface area contributed by atoms with E-state index in [2.05, 4.69) is 20.5 Å². The van der Waals surface area contributed by atoms with E-state index < -0.39 is 0 Å². The number of carbonyl (C=O) groups excluding carboxylic acids is 1. The third-order valence-electron chi connectivity index (χ3n) is 3.39. The van der Waals surface area contributed by atoms with Gasteiger partial charge in [0.2, 0.25) is 5.91 Å². The average Bonchev–Trinajstić information content (AvgIpc) is 3.15. The fourth-order valence-electron chi connectivity index (χ4n) is 1.95. The summed E-state index contributed by atoms with van der Waals surface area (Å²) in [6.45, 7) is 0.748. The molecule has 2 aromatic rings. The lowest BCUT2D eigenvalue weighted by Crippen LogP contribution is -2.27. The van der Waals surface area contributed by atoms with Crippen molar-refractivity contribution in [3.05, 3.63) is 33.6 Å². The molecule has 7 heteroatoms. The zero-order chi connectivity index (χ0) is 14.7. The van der Waals surface area contributed by atoms with Crippen LogP contribution in [0.5, 0.6) is 0 Å². The number of thiophene rings is 1. The van der Waals surface area contributed by atoms with Crippen molar-refractivity contribution in [1.82, 2.24) is 20.5 Å². The first-order chi connectivity index (χ1) is 10.2. The number of aryl methyl sites for hydroxylation is 1. The van der Waals surface area contributed by atoms with E-state index in [9.17, 15) is 9.59 Å². The number of H-pyrrole nitrogens is 1. The van der Waals surface area contributed by atoms with Crippen LogP contribution in [0.25, 0.3) is 10.7 Å². The minimum atomic E-state index is -0.275. The highest BCUT2D eigenvalue weighted by Crippen LogP contribution is 2.27. The molecule has 0 aromatic carbocycles. The highest BCUT2D eigenvalue weighted by Gasteiger charge is 2.21. The maximum atomic E-state index is 11.9. The number of amides is 1. The third kappa shape index (κ3) is 3.75. The standard InChI is InChI=1S/C14H16N4O2S/c19-12(15-8-9-3-4-9)6-5-10-14(20)16-13(18-17-10)11-2-1-7-21-11/h1-2,7,9H,3-6,8H2,(H,15,19)(H,16,18,20). The highest BCUT2D eigenvalue weighted by atomic mass is 32.1.